The van der Waals surface area contributed by atoms with E-state index in [4.69, 9.17) is 4.74 Å². The predicted octanol–water partition coefficient (Wildman–Crippen LogP) is 5.52. The second kappa shape index (κ2) is 8.02. The number of amides is 1. The van der Waals surface area contributed by atoms with Gasteiger partial charge in [0.15, 0.2) is 0 Å². The zero-order valence-corrected chi connectivity index (χ0v) is 16.2. The highest BCUT2D eigenvalue weighted by molar-refractivity contribution is 6.04. The third-order valence-corrected chi connectivity index (χ3v) is 4.43. The molecule has 2 aromatic heterocycles. The minimum absolute atomic E-state index is 0.172. The molecule has 0 aliphatic rings. The molecule has 4 rings (SSSR count). The van der Waals surface area contributed by atoms with E-state index in [9.17, 15) is 18.0 Å². The van der Waals surface area contributed by atoms with E-state index in [1.54, 1.807) is 12.1 Å². The summed E-state index contributed by atoms with van der Waals surface area (Å²) in [5, 5.41) is 3.72. The summed E-state index contributed by atoms with van der Waals surface area (Å²) in [6.45, 7) is 0. The van der Waals surface area contributed by atoms with E-state index in [2.05, 4.69) is 15.0 Å². The largest absolute Gasteiger partial charge is 0.573 e. The summed E-state index contributed by atoms with van der Waals surface area (Å²) in [5.74, 6) is 0.0731. The number of rotatable bonds is 5. The van der Waals surface area contributed by atoms with Crippen LogP contribution in [-0.4, -0.2) is 21.8 Å². The fourth-order valence-electron chi connectivity index (χ4n) is 2.95. The van der Waals surface area contributed by atoms with Crippen molar-refractivity contribution in [1.29, 1.82) is 0 Å². The molecule has 2 heterocycles. The quantitative estimate of drug-likeness (QED) is 0.456. The van der Waals surface area contributed by atoms with Crippen LogP contribution in [0.15, 0.2) is 73.1 Å². The molecule has 0 aliphatic heterocycles. The normalized spacial score (nSPS) is 11.4. The Balaban J connectivity index is 1.39. The lowest BCUT2D eigenvalue weighted by Crippen LogP contribution is -2.17. The van der Waals surface area contributed by atoms with Crippen molar-refractivity contribution in [3.05, 3.63) is 78.6 Å². The van der Waals surface area contributed by atoms with Crippen LogP contribution < -0.4 is 14.8 Å². The molecule has 0 spiro atoms. The molecule has 9 heteroatoms. The third kappa shape index (κ3) is 4.95. The number of anilines is 1. The van der Waals surface area contributed by atoms with E-state index < -0.39 is 18.0 Å². The zero-order chi connectivity index (χ0) is 22.0. The first-order valence-electron chi connectivity index (χ1n) is 9.13. The number of halogens is 3. The smallest absolute Gasteiger partial charge is 0.439 e. The Bertz CT molecular complexity index is 1220. The van der Waals surface area contributed by atoms with Crippen molar-refractivity contribution >= 4 is 22.5 Å². The van der Waals surface area contributed by atoms with E-state index in [1.165, 1.54) is 18.3 Å². The molecular weight excluding hydrogens is 411 g/mol. The van der Waals surface area contributed by atoms with Gasteiger partial charge in [-0.15, -0.1) is 13.2 Å². The fourth-order valence-corrected chi connectivity index (χ4v) is 2.95. The summed E-state index contributed by atoms with van der Waals surface area (Å²) >= 11 is 0. The van der Waals surface area contributed by atoms with E-state index in [0.29, 0.717) is 17.3 Å². The van der Waals surface area contributed by atoms with Crippen LogP contribution >= 0.6 is 0 Å². The Hall–Kier alpha value is -4.01. The molecule has 6 nitrogen and oxygen atoms in total. The summed E-state index contributed by atoms with van der Waals surface area (Å²) in [7, 11) is 1.94. The summed E-state index contributed by atoms with van der Waals surface area (Å²) in [6, 6.07) is 15.5. The molecule has 1 N–H and O–H groups in total. The number of aromatic nitrogens is 2. The lowest BCUT2D eigenvalue weighted by Gasteiger charge is -2.10. The highest BCUT2D eigenvalue weighted by Gasteiger charge is 2.31. The predicted molar refractivity (Wildman–Crippen MR) is 108 cm³/mol. The van der Waals surface area contributed by atoms with Crippen LogP contribution in [0.1, 0.15) is 10.4 Å². The van der Waals surface area contributed by atoms with Gasteiger partial charge < -0.3 is 19.4 Å². The van der Waals surface area contributed by atoms with Crippen LogP contribution in [0.3, 0.4) is 0 Å². The number of benzene rings is 2. The Morgan fingerprint density at radius 1 is 1.00 bits per heavy atom. The molecule has 31 heavy (non-hydrogen) atoms. The maximum absolute atomic E-state index is 12.3. The highest BCUT2D eigenvalue weighted by Crippen LogP contribution is 2.26. The van der Waals surface area contributed by atoms with Crippen LogP contribution in [0.25, 0.3) is 10.9 Å². The number of nitrogens with one attached hydrogen (secondary N) is 1. The first-order valence-corrected chi connectivity index (χ1v) is 9.13. The number of carbonyl (C=O) groups excluding carboxylic acids is 1. The Morgan fingerprint density at radius 2 is 1.74 bits per heavy atom. The van der Waals surface area contributed by atoms with Gasteiger partial charge in [0.1, 0.15) is 11.5 Å². The van der Waals surface area contributed by atoms with Gasteiger partial charge in [0.2, 0.25) is 5.88 Å². The van der Waals surface area contributed by atoms with E-state index in [1.807, 2.05) is 42.1 Å². The van der Waals surface area contributed by atoms with Crippen LogP contribution in [0.5, 0.6) is 17.4 Å². The van der Waals surface area contributed by atoms with Crippen molar-refractivity contribution in [2.75, 3.05) is 5.32 Å². The molecule has 0 aliphatic carbocycles. The molecule has 0 unspecified atom stereocenters. The molecule has 0 atom stereocenters. The van der Waals surface area contributed by atoms with Crippen molar-refractivity contribution in [3.8, 4) is 17.4 Å². The Morgan fingerprint density at radius 3 is 2.42 bits per heavy atom. The SMILES string of the molecule is Cn1ccc2ccc(Oc3ccc(NC(=O)c4ccc(OC(F)(F)F)cc4)cn3)cc21. The maximum atomic E-state index is 12.3. The second-order valence-electron chi connectivity index (χ2n) is 6.66. The molecular formula is C22H16F3N3O3. The highest BCUT2D eigenvalue weighted by atomic mass is 19.4. The first-order chi connectivity index (χ1) is 14.8. The first kappa shape index (κ1) is 20.3. The van der Waals surface area contributed by atoms with Crippen molar-refractivity contribution in [2.45, 2.75) is 6.36 Å². The number of carbonyl (C=O) groups is 1. The van der Waals surface area contributed by atoms with Crippen LogP contribution in [-0.2, 0) is 7.05 Å². The van der Waals surface area contributed by atoms with E-state index in [-0.39, 0.29) is 5.56 Å². The van der Waals surface area contributed by atoms with E-state index in [0.717, 1.165) is 23.0 Å². The van der Waals surface area contributed by atoms with Crippen LogP contribution in [0.2, 0.25) is 0 Å². The van der Waals surface area contributed by atoms with Crippen molar-refractivity contribution in [1.82, 2.24) is 9.55 Å². The third-order valence-electron chi connectivity index (χ3n) is 4.43. The molecule has 0 bridgehead atoms. The number of fused-ring (bicyclic) bond motifs is 1. The molecule has 2 aromatic carbocycles. The number of alkyl halides is 3. The van der Waals surface area contributed by atoms with Gasteiger partial charge >= 0.3 is 6.36 Å². The number of pyridine rings is 1. The maximum Gasteiger partial charge on any atom is 0.573 e. The van der Waals surface area contributed by atoms with E-state index >= 15 is 0 Å². The summed E-state index contributed by atoms with van der Waals surface area (Å²) in [5.41, 5.74) is 1.60. The Kier molecular flexibility index (Phi) is 5.24. The van der Waals surface area contributed by atoms with Gasteiger partial charge in [-0.1, -0.05) is 0 Å². The minimum atomic E-state index is -4.79. The number of ether oxygens (including phenoxy) is 2. The molecule has 1 amide bonds. The zero-order valence-electron chi connectivity index (χ0n) is 16.2. The monoisotopic (exact) mass is 427 g/mol. The molecule has 158 valence electrons. The lowest BCUT2D eigenvalue weighted by molar-refractivity contribution is -0.274. The lowest BCUT2D eigenvalue weighted by atomic mass is 10.2. The van der Waals surface area contributed by atoms with Crippen molar-refractivity contribution in [3.63, 3.8) is 0 Å². The van der Waals surface area contributed by atoms with Gasteiger partial charge in [-0.25, -0.2) is 4.98 Å². The number of hydrogen-bond donors (Lipinski definition) is 1. The number of nitrogens with zero attached hydrogens (tertiary/aromatic N) is 2. The molecule has 0 radical (unpaired) electrons. The molecule has 0 fully saturated rings. The van der Waals surface area contributed by atoms with Crippen LogP contribution in [0, 0.1) is 0 Å². The van der Waals surface area contributed by atoms with Crippen LogP contribution in [0.4, 0.5) is 18.9 Å². The van der Waals surface area contributed by atoms with Crippen molar-refractivity contribution in [2.24, 2.45) is 7.05 Å². The van der Waals surface area contributed by atoms with Gasteiger partial charge in [-0.05, 0) is 53.9 Å². The topological polar surface area (TPSA) is 65.4 Å². The fraction of sp³-hybridized carbons (Fsp3) is 0.0909. The standard InChI is InChI=1S/C22H16F3N3O3/c1-28-11-10-14-2-8-18(12-19(14)28)30-20-9-5-16(13-26-20)27-21(29)15-3-6-17(7-4-15)31-22(23,24)25/h2-13H,1H3,(H,27,29). The van der Waals surface area contributed by atoms with Crippen molar-refractivity contribution < 1.29 is 27.4 Å². The molecule has 4 aromatic rings. The molecule has 0 saturated heterocycles. The van der Waals surface area contributed by atoms with Gasteiger partial charge in [-0.2, -0.15) is 0 Å². The second-order valence-corrected chi connectivity index (χ2v) is 6.66. The van der Waals surface area contributed by atoms with Gasteiger partial charge in [0.05, 0.1) is 17.4 Å². The summed E-state index contributed by atoms with van der Waals surface area (Å²) < 4.78 is 48.2. The number of hydrogen-bond acceptors (Lipinski definition) is 4. The van der Waals surface area contributed by atoms with Gasteiger partial charge in [0.25, 0.3) is 5.91 Å². The average molecular weight is 427 g/mol. The minimum Gasteiger partial charge on any atom is -0.439 e. The molecule has 0 saturated carbocycles. The van der Waals surface area contributed by atoms with Gasteiger partial charge in [-0.3, -0.25) is 4.79 Å². The number of aryl methyl sites for hydroxylation is 1. The Labute approximate surface area is 174 Å². The average Bonchev–Trinajstić information content (AvgIpc) is 3.09. The summed E-state index contributed by atoms with van der Waals surface area (Å²) in [6.07, 6.45) is -1.40. The summed E-state index contributed by atoms with van der Waals surface area (Å²) in [4.78, 5) is 16.5. The van der Waals surface area contributed by atoms with Gasteiger partial charge in [0, 0.05) is 30.9 Å².